The van der Waals surface area contributed by atoms with Gasteiger partial charge in [-0.3, -0.25) is 4.79 Å². The van der Waals surface area contributed by atoms with Crippen molar-refractivity contribution in [3.8, 4) is 0 Å². The molecule has 1 aromatic rings. The number of hydrogen-bond donors (Lipinski definition) is 0. The lowest BCUT2D eigenvalue weighted by Crippen LogP contribution is -2.28. The van der Waals surface area contributed by atoms with E-state index in [0.717, 1.165) is 5.56 Å². The highest BCUT2D eigenvalue weighted by Gasteiger charge is 2.14. The van der Waals surface area contributed by atoms with Crippen LogP contribution in [0.4, 0.5) is 0 Å². The van der Waals surface area contributed by atoms with Gasteiger partial charge < -0.3 is 4.90 Å². The van der Waals surface area contributed by atoms with E-state index in [1.54, 1.807) is 4.90 Å². The van der Waals surface area contributed by atoms with E-state index in [1.165, 1.54) is 11.8 Å². The number of halogens is 1. The maximum atomic E-state index is 11.5. The average molecular weight is 240 g/mol. The van der Waals surface area contributed by atoms with Crippen LogP contribution in [0.3, 0.4) is 0 Å². The second-order valence-corrected chi connectivity index (χ2v) is 4.58. The lowest BCUT2D eigenvalue weighted by molar-refractivity contribution is -0.126. The minimum Gasteiger partial charge on any atom is -0.313 e. The third kappa shape index (κ3) is 2.76. The molecule has 0 N–H and O–H groups in total. The standard InChI is InChI=1S/C11H10ClNOS/c12-10-3-1-2-9(6-10)7-13-4-5-15-8-11(13)14/h1-6H,7-8H2. The van der Waals surface area contributed by atoms with Gasteiger partial charge in [0.25, 0.3) is 0 Å². The van der Waals surface area contributed by atoms with Crippen molar-refractivity contribution in [2.24, 2.45) is 0 Å². The molecule has 1 aromatic carbocycles. The predicted molar refractivity (Wildman–Crippen MR) is 63.6 cm³/mol. The van der Waals surface area contributed by atoms with Crippen molar-refractivity contribution in [2.75, 3.05) is 5.75 Å². The molecule has 4 heteroatoms. The minimum absolute atomic E-state index is 0.141. The molecule has 1 heterocycles. The van der Waals surface area contributed by atoms with Crippen molar-refractivity contribution in [2.45, 2.75) is 6.54 Å². The van der Waals surface area contributed by atoms with E-state index in [0.29, 0.717) is 17.3 Å². The number of amides is 1. The SMILES string of the molecule is O=C1CSC=CN1Cc1cccc(Cl)c1. The molecule has 0 spiro atoms. The van der Waals surface area contributed by atoms with E-state index in [4.69, 9.17) is 11.6 Å². The number of thioether (sulfide) groups is 1. The molecule has 0 saturated carbocycles. The molecule has 1 aliphatic rings. The van der Waals surface area contributed by atoms with E-state index >= 15 is 0 Å². The largest absolute Gasteiger partial charge is 0.313 e. The summed E-state index contributed by atoms with van der Waals surface area (Å²) in [7, 11) is 0. The fourth-order valence-electron chi connectivity index (χ4n) is 1.37. The normalized spacial score (nSPS) is 15.8. The number of carbonyl (C=O) groups excluding carboxylic acids is 1. The van der Waals surface area contributed by atoms with Crippen LogP contribution in [0, 0.1) is 0 Å². The smallest absolute Gasteiger partial charge is 0.237 e. The van der Waals surface area contributed by atoms with Crippen LogP contribution >= 0.6 is 23.4 Å². The van der Waals surface area contributed by atoms with Gasteiger partial charge in [-0.1, -0.05) is 23.7 Å². The molecule has 0 radical (unpaired) electrons. The Morgan fingerprint density at radius 3 is 3.07 bits per heavy atom. The second-order valence-electron chi connectivity index (χ2n) is 3.25. The summed E-state index contributed by atoms with van der Waals surface area (Å²) in [6.07, 6.45) is 1.82. The highest BCUT2D eigenvalue weighted by Crippen LogP contribution is 2.17. The fourth-order valence-corrected chi connectivity index (χ4v) is 2.23. The number of nitrogens with zero attached hydrogens (tertiary/aromatic N) is 1. The zero-order chi connectivity index (χ0) is 10.7. The first kappa shape index (κ1) is 10.6. The molecule has 2 nitrogen and oxygen atoms in total. The first-order valence-corrected chi connectivity index (χ1v) is 6.00. The molecule has 0 aliphatic carbocycles. The Hall–Kier alpha value is -0.930. The number of carbonyl (C=O) groups is 1. The highest BCUT2D eigenvalue weighted by molar-refractivity contribution is 8.02. The quantitative estimate of drug-likeness (QED) is 0.791. The van der Waals surface area contributed by atoms with Gasteiger partial charge in [0.05, 0.1) is 12.3 Å². The van der Waals surface area contributed by atoms with Crippen LogP contribution in [0.15, 0.2) is 35.9 Å². The maximum Gasteiger partial charge on any atom is 0.237 e. The molecule has 1 aliphatic heterocycles. The Morgan fingerprint density at radius 2 is 2.33 bits per heavy atom. The van der Waals surface area contributed by atoms with Crippen LogP contribution in [-0.2, 0) is 11.3 Å². The predicted octanol–water partition coefficient (Wildman–Crippen LogP) is 2.89. The Bertz CT molecular complexity index is 405. The summed E-state index contributed by atoms with van der Waals surface area (Å²) >= 11 is 7.40. The molecule has 15 heavy (non-hydrogen) atoms. The lowest BCUT2D eigenvalue weighted by atomic mass is 10.2. The summed E-state index contributed by atoms with van der Waals surface area (Å²) in [5, 5.41) is 2.64. The zero-order valence-corrected chi connectivity index (χ0v) is 9.59. The van der Waals surface area contributed by atoms with E-state index in [9.17, 15) is 4.79 Å². The van der Waals surface area contributed by atoms with Crippen LogP contribution in [0.1, 0.15) is 5.56 Å². The molecule has 0 aromatic heterocycles. The van der Waals surface area contributed by atoms with Gasteiger partial charge in [0, 0.05) is 11.2 Å². The summed E-state index contributed by atoms with van der Waals surface area (Å²) in [5.74, 6) is 0.666. The van der Waals surface area contributed by atoms with Gasteiger partial charge in [-0.2, -0.15) is 0 Å². The van der Waals surface area contributed by atoms with Crippen LogP contribution in [0.25, 0.3) is 0 Å². The Kier molecular flexibility index (Phi) is 3.34. The van der Waals surface area contributed by atoms with E-state index in [-0.39, 0.29) is 5.91 Å². The van der Waals surface area contributed by atoms with Gasteiger partial charge in [-0.05, 0) is 23.1 Å². The van der Waals surface area contributed by atoms with Crippen LogP contribution < -0.4 is 0 Å². The number of rotatable bonds is 2. The van der Waals surface area contributed by atoms with Gasteiger partial charge in [0.15, 0.2) is 0 Å². The third-order valence-electron chi connectivity index (χ3n) is 2.11. The first-order chi connectivity index (χ1) is 7.25. The van der Waals surface area contributed by atoms with Crippen molar-refractivity contribution in [3.63, 3.8) is 0 Å². The zero-order valence-electron chi connectivity index (χ0n) is 8.02. The van der Waals surface area contributed by atoms with Crippen molar-refractivity contribution in [1.82, 2.24) is 4.90 Å². The van der Waals surface area contributed by atoms with Crippen molar-refractivity contribution in [3.05, 3.63) is 46.5 Å². The molecule has 0 unspecified atom stereocenters. The maximum absolute atomic E-state index is 11.5. The molecular weight excluding hydrogens is 230 g/mol. The minimum atomic E-state index is 0.141. The van der Waals surface area contributed by atoms with Gasteiger partial charge >= 0.3 is 0 Å². The van der Waals surface area contributed by atoms with Gasteiger partial charge in [0.1, 0.15) is 0 Å². The molecule has 0 bridgehead atoms. The van der Waals surface area contributed by atoms with Crippen LogP contribution in [-0.4, -0.2) is 16.6 Å². The van der Waals surface area contributed by atoms with Crippen molar-refractivity contribution in [1.29, 1.82) is 0 Å². The molecule has 0 atom stereocenters. The fraction of sp³-hybridized carbons (Fsp3) is 0.182. The first-order valence-electron chi connectivity index (χ1n) is 4.58. The lowest BCUT2D eigenvalue weighted by Gasteiger charge is -2.21. The summed E-state index contributed by atoms with van der Waals surface area (Å²) in [4.78, 5) is 13.2. The Morgan fingerprint density at radius 1 is 1.47 bits per heavy atom. The van der Waals surface area contributed by atoms with Crippen LogP contribution in [0.2, 0.25) is 5.02 Å². The molecular formula is C11H10ClNOS. The molecule has 0 fully saturated rings. The third-order valence-corrected chi connectivity index (χ3v) is 3.07. The summed E-state index contributed by atoms with van der Waals surface area (Å²) in [6.45, 7) is 0.594. The van der Waals surface area contributed by atoms with E-state index in [2.05, 4.69) is 0 Å². The monoisotopic (exact) mass is 239 g/mol. The van der Waals surface area contributed by atoms with Crippen molar-refractivity contribution < 1.29 is 4.79 Å². The highest BCUT2D eigenvalue weighted by atomic mass is 35.5. The number of hydrogen-bond acceptors (Lipinski definition) is 2. The van der Waals surface area contributed by atoms with Crippen LogP contribution in [0.5, 0.6) is 0 Å². The number of benzene rings is 1. The van der Waals surface area contributed by atoms with Crippen molar-refractivity contribution >= 4 is 29.3 Å². The average Bonchev–Trinajstić information content (AvgIpc) is 2.22. The van der Waals surface area contributed by atoms with E-state index < -0.39 is 0 Å². The topological polar surface area (TPSA) is 20.3 Å². The Balaban J connectivity index is 2.11. The summed E-state index contributed by atoms with van der Waals surface area (Å²) in [6, 6.07) is 7.57. The van der Waals surface area contributed by atoms with Gasteiger partial charge in [-0.15, -0.1) is 11.8 Å². The summed E-state index contributed by atoms with van der Waals surface area (Å²) < 4.78 is 0. The summed E-state index contributed by atoms with van der Waals surface area (Å²) in [5.41, 5.74) is 1.05. The van der Waals surface area contributed by atoms with Gasteiger partial charge in [0.2, 0.25) is 5.91 Å². The molecule has 2 rings (SSSR count). The van der Waals surface area contributed by atoms with Gasteiger partial charge in [-0.25, -0.2) is 0 Å². The van der Waals surface area contributed by atoms with E-state index in [1.807, 2.05) is 35.9 Å². The second kappa shape index (κ2) is 4.73. The molecule has 0 saturated heterocycles. The molecule has 1 amide bonds. The molecule has 78 valence electrons. The Labute approximate surface area is 97.9 Å².